The molecule has 2 N–H and O–H groups in total. The van der Waals surface area contributed by atoms with Crippen molar-refractivity contribution in [1.29, 1.82) is 0 Å². The van der Waals surface area contributed by atoms with Gasteiger partial charge in [0.25, 0.3) is 0 Å². The van der Waals surface area contributed by atoms with Crippen molar-refractivity contribution < 1.29 is 9.53 Å². The second kappa shape index (κ2) is 6.11. The Bertz CT molecular complexity index is 559. The van der Waals surface area contributed by atoms with Crippen LogP contribution >= 0.6 is 11.6 Å². The molecule has 3 nitrogen and oxygen atoms in total. The van der Waals surface area contributed by atoms with Gasteiger partial charge in [0.1, 0.15) is 5.60 Å². The molecular weight excluding hydrogens is 298 g/mol. The van der Waals surface area contributed by atoms with E-state index in [1.807, 2.05) is 39.0 Å². The monoisotopic (exact) mass is 323 g/mol. The van der Waals surface area contributed by atoms with Crippen LogP contribution in [0, 0.1) is 5.41 Å². The topological polar surface area (TPSA) is 52.3 Å². The molecule has 1 atom stereocenters. The molecule has 0 spiro atoms. The van der Waals surface area contributed by atoms with E-state index in [0.717, 1.165) is 12.0 Å². The van der Waals surface area contributed by atoms with E-state index >= 15 is 0 Å². The highest BCUT2D eigenvalue weighted by molar-refractivity contribution is 6.33. The van der Waals surface area contributed by atoms with Crippen LogP contribution in [0.2, 0.25) is 5.02 Å². The van der Waals surface area contributed by atoms with Crippen LogP contribution in [-0.4, -0.2) is 11.6 Å². The van der Waals surface area contributed by atoms with Crippen molar-refractivity contribution in [2.75, 3.05) is 5.73 Å². The van der Waals surface area contributed by atoms with Crippen LogP contribution in [0.4, 0.5) is 5.69 Å². The first-order valence-corrected chi connectivity index (χ1v) is 8.23. The normalized spacial score (nSPS) is 17.9. The minimum atomic E-state index is -0.454. The molecule has 22 heavy (non-hydrogen) atoms. The summed E-state index contributed by atoms with van der Waals surface area (Å²) in [7, 11) is 0. The molecule has 4 heteroatoms. The van der Waals surface area contributed by atoms with E-state index in [1.165, 1.54) is 12.8 Å². The van der Waals surface area contributed by atoms with Crippen molar-refractivity contribution in [3.63, 3.8) is 0 Å². The number of nitrogens with two attached hydrogens (primary N) is 1. The van der Waals surface area contributed by atoms with Gasteiger partial charge in [0.05, 0.1) is 17.1 Å². The highest BCUT2D eigenvalue weighted by Crippen LogP contribution is 2.52. The molecule has 1 aromatic rings. The molecule has 1 fully saturated rings. The summed E-state index contributed by atoms with van der Waals surface area (Å²) in [5, 5.41) is 0.553. The van der Waals surface area contributed by atoms with Crippen molar-refractivity contribution in [3.05, 3.63) is 28.8 Å². The quantitative estimate of drug-likeness (QED) is 0.617. The van der Waals surface area contributed by atoms with Crippen LogP contribution in [0.25, 0.3) is 0 Å². The summed E-state index contributed by atoms with van der Waals surface area (Å²) in [6.07, 6.45) is 3.81. The van der Waals surface area contributed by atoms with Gasteiger partial charge in [-0.05, 0) is 69.1 Å². The number of anilines is 1. The number of esters is 1. The third-order valence-corrected chi connectivity index (χ3v) is 4.51. The summed E-state index contributed by atoms with van der Waals surface area (Å²) in [6, 6.07) is 5.67. The van der Waals surface area contributed by atoms with E-state index in [1.54, 1.807) is 0 Å². The van der Waals surface area contributed by atoms with Gasteiger partial charge in [-0.1, -0.05) is 24.6 Å². The molecule has 0 saturated heterocycles. The predicted octanol–water partition coefficient (Wildman–Crippen LogP) is 4.93. The van der Waals surface area contributed by atoms with E-state index in [4.69, 9.17) is 22.1 Å². The Kier molecular flexibility index (Phi) is 4.76. The molecule has 0 amide bonds. The molecule has 122 valence electrons. The fourth-order valence-corrected chi connectivity index (χ4v) is 2.84. The van der Waals surface area contributed by atoms with Crippen molar-refractivity contribution in [3.8, 4) is 0 Å². The molecule has 2 rings (SSSR count). The van der Waals surface area contributed by atoms with Gasteiger partial charge in [-0.15, -0.1) is 0 Å². The van der Waals surface area contributed by atoms with Crippen LogP contribution in [0.5, 0.6) is 0 Å². The zero-order valence-corrected chi connectivity index (χ0v) is 14.7. The maximum Gasteiger partial charge on any atom is 0.306 e. The van der Waals surface area contributed by atoms with Gasteiger partial charge in [-0.25, -0.2) is 0 Å². The van der Waals surface area contributed by atoms with Crippen LogP contribution in [0.3, 0.4) is 0 Å². The lowest BCUT2D eigenvalue weighted by Gasteiger charge is -2.24. The van der Waals surface area contributed by atoms with Gasteiger partial charge in [-0.3, -0.25) is 4.79 Å². The number of halogens is 1. The summed E-state index contributed by atoms with van der Waals surface area (Å²) in [5.74, 6) is -0.0304. The SMILES string of the molecule is CC1(CC(CC(=O)OC(C)(C)C)c2ccc(Cl)c(N)c2)CC1. The fourth-order valence-electron chi connectivity index (χ4n) is 2.72. The molecular formula is C18H26ClNO2. The average molecular weight is 324 g/mol. The third-order valence-electron chi connectivity index (χ3n) is 4.17. The molecule has 1 aliphatic carbocycles. The fraction of sp³-hybridized carbons (Fsp3) is 0.611. The number of carbonyl (C=O) groups excluding carboxylic acids is 1. The van der Waals surface area contributed by atoms with Gasteiger partial charge in [0.2, 0.25) is 0 Å². The lowest BCUT2D eigenvalue weighted by atomic mass is 9.85. The molecule has 0 radical (unpaired) electrons. The average Bonchev–Trinajstić information content (AvgIpc) is 3.07. The summed E-state index contributed by atoms with van der Waals surface area (Å²) in [4.78, 5) is 12.2. The van der Waals surface area contributed by atoms with Gasteiger partial charge in [-0.2, -0.15) is 0 Å². The predicted molar refractivity (Wildman–Crippen MR) is 91.0 cm³/mol. The Hall–Kier alpha value is -1.22. The molecule has 0 aliphatic heterocycles. The second-order valence-electron chi connectivity index (χ2n) is 7.78. The van der Waals surface area contributed by atoms with Gasteiger partial charge in [0.15, 0.2) is 0 Å². The highest BCUT2D eigenvalue weighted by atomic mass is 35.5. The second-order valence-corrected chi connectivity index (χ2v) is 8.19. The minimum Gasteiger partial charge on any atom is -0.460 e. The number of benzene rings is 1. The Balaban J connectivity index is 2.15. The first-order valence-electron chi connectivity index (χ1n) is 7.85. The van der Waals surface area contributed by atoms with E-state index in [2.05, 4.69) is 6.92 Å². The molecule has 0 aromatic heterocycles. The van der Waals surface area contributed by atoms with Crippen LogP contribution in [0.15, 0.2) is 18.2 Å². The minimum absolute atomic E-state index is 0.127. The Morgan fingerprint density at radius 3 is 2.55 bits per heavy atom. The Labute approximate surface area is 138 Å². The van der Waals surface area contributed by atoms with Gasteiger partial charge in [0, 0.05) is 0 Å². The van der Waals surface area contributed by atoms with E-state index in [-0.39, 0.29) is 11.9 Å². The molecule has 1 aliphatic rings. The van der Waals surface area contributed by atoms with Gasteiger partial charge < -0.3 is 10.5 Å². The smallest absolute Gasteiger partial charge is 0.306 e. The summed E-state index contributed by atoms with van der Waals surface area (Å²) >= 11 is 6.01. The lowest BCUT2D eigenvalue weighted by molar-refractivity contribution is -0.155. The highest BCUT2D eigenvalue weighted by Gasteiger charge is 2.40. The standard InChI is InChI=1S/C18H26ClNO2/c1-17(2,3)22-16(21)10-13(11-18(4)7-8-18)12-5-6-14(19)15(20)9-12/h5-6,9,13H,7-8,10-11,20H2,1-4H3. The molecule has 1 saturated carbocycles. The van der Waals surface area contributed by atoms with Gasteiger partial charge >= 0.3 is 5.97 Å². The Morgan fingerprint density at radius 2 is 2.05 bits per heavy atom. The van der Waals surface area contributed by atoms with E-state index in [0.29, 0.717) is 22.5 Å². The summed E-state index contributed by atoms with van der Waals surface area (Å²) in [5.41, 5.74) is 7.45. The van der Waals surface area contributed by atoms with Crippen LogP contribution < -0.4 is 5.73 Å². The Morgan fingerprint density at radius 1 is 1.41 bits per heavy atom. The first-order chi connectivity index (χ1) is 10.1. The first kappa shape index (κ1) is 17.1. The van der Waals surface area contributed by atoms with Crippen LogP contribution in [-0.2, 0) is 9.53 Å². The maximum absolute atomic E-state index is 12.2. The lowest BCUT2D eigenvalue weighted by Crippen LogP contribution is -2.25. The zero-order chi connectivity index (χ0) is 16.5. The van der Waals surface area contributed by atoms with Crippen molar-refractivity contribution in [2.45, 2.75) is 64.9 Å². The zero-order valence-electron chi connectivity index (χ0n) is 13.9. The largest absolute Gasteiger partial charge is 0.460 e. The van der Waals surface area contributed by atoms with E-state index in [9.17, 15) is 4.79 Å². The summed E-state index contributed by atoms with van der Waals surface area (Å²) < 4.78 is 5.48. The number of hydrogen-bond acceptors (Lipinski definition) is 3. The van der Waals surface area contributed by atoms with Crippen molar-refractivity contribution in [2.24, 2.45) is 5.41 Å². The number of rotatable bonds is 5. The maximum atomic E-state index is 12.2. The number of ether oxygens (including phenoxy) is 1. The molecule has 1 unspecified atom stereocenters. The molecule has 0 heterocycles. The van der Waals surface area contributed by atoms with Crippen molar-refractivity contribution >= 4 is 23.3 Å². The number of nitrogen functional groups attached to an aromatic ring is 1. The summed E-state index contributed by atoms with van der Waals surface area (Å²) in [6.45, 7) is 7.95. The number of hydrogen-bond donors (Lipinski definition) is 1. The molecule has 1 aromatic carbocycles. The van der Waals surface area contributed by atoms with Crippen LogP contribution in [0.1, 0.15) is 64.9 Å². The molecule has 0 bridgehead atoms. The number of carbonyl (C=O) groups is 1. The van der Waals surface area contributed by atoms with E-state index < -0.39 is 5.60 Å². The van der Waals surface area contributed by atoms with Crippen molar-refractivity contribution in [1.82, 2.24) is 0 Å². The third kappa shape index (κ3) is 4.91.